The lowest BCUT2D eigenvalue weighted by molar-refractivity contribution is -0.118. The zero-order valence-electron chi connectivity index (χ0n) is 20.4. The van der Waals surface area contributed by atoms with Gasteiger partial charge in [0, 0.05) is 54.6 Å². The maximum atomic E-state index is 13.1. The first-order valence-electron chi connectivity index (χ1n) is 11.7. The number of nitrogens with zero attached hydrogens (tertiary/aromatic N) is 5. The number of imidazole rings is 1. The quantitative estimate of drug-likeness (QED) is 0.315. The molecule has 38 heavy (non-hydrogen) atoms. The number of pyridine rings is 1. The molecule has 0 aliphatic rings. The van der Waals surface area contributed by atoms with Crippen LogP contribution in [0.4, 0.5) is 11.6 Å². The van der Waals surface area contributed by atoms with E-state index in [0.717, 1.165) is 5.56 Å². The van der Waals surface area contributed by atoms with Crippen molar-refractivity contribution in [3.63, 3.8) is 0 Å². The summed E-state index contributed by atoms with van der Waals surface area (Å²) in [7, 11) is 1.69. The van der Waals surface area contributed by atoms with Gasteiger partial charge in [-0.15, -0.1) is 11.3 Å². The molecule has 3 heterocycles. The van der Waals surface area contributed by atoms with Crippen LogP contribution in [0.15, 0.2) is 78.4 Å². The highest BCUT2D eigenvalue weighted by atomic mass is 32.1. The minimum Gasteiger partial charge on any atom is -0.370 e. The molecule has 2 aromatic carbocycles. The number of amides is 3. The predicted molar refractivity (Wildman–Crippen MR) is 146 cm³/mol. The van der Waals surface area contributed by atoms with Crippen LogP contribution in [0.2, 0.25) is 0 Å². The highest BCUT2D eigenvalue weighted by Gasteiger charge is 2.20. The molecule has 0 saturated heterocycles. The topological polar surface area (TPSA) is 136 Å². The van der Waals surface area contributed by atoms with Crippen LogP contribution in [-0.2, 0) is 11.3 Å². The van der Waals surface area contributed by atoms with E-state index in [1.807, 2.05) is 24.3 Å². The largest absolute Gasteiger partial charge is 0.370 e. The van der Waals surface area contributed by atoms with Crippen molar-refractivity contribution in [2.45, 2.75) is 13.0 Å². The van der Waals surface area contributed by atoms with Crippen LogP contribution < -0.4 is 16.0 Å². The van der Waals surface area contributed by atoms with Crippen LogP contribution in [0.25, 0.3) is 21.6 Å². The lowest BCUT2D eigenvalue weighted by Gasteiger charge is -2.17. The zero-order chi connectivity index (χ0) is 26.6. The molecular formula is C27H23N7O3S. The fraction of sp³-hybridized carbons (Fsp3) is 0.111. The van der Waals surface area contributed by atoms with Crippen molar-refractivity contribution < 1.29 is 14.4 Å². The average molecular weight is 526 g/mol. The van der Waals surface area contributed by atoms with Crippen LogP contribution in [0, 0.1) is 0 Å². The number of aromatic nitrogens is 4. The molecule has 0 unspecified atom stereocenters. The number of aryl methyl sites for hydroxylation is 1. The Morgan fingerprint density at radius 2 is 1.87 bits per heavy atom. The highest BCUT2D eigenvalue weighted by Crippen LogP contribution is 2.27. The molecule has 190 valence electrons. The fourth-order valence-corrected chi connectivity index (χ4v) is 4.72. The number of hydrogen-bond donors (Lipinski definition) is 2. The molecule has 0 radical (unpaired) electrons. The van der Waals surface area contributed by atoms with E-state index in [2.05, 4.69) is 20.3 Å². The lowest BCUT2D eigenvalue weighted by Crippen LogP contribution is -2.26. The summed E-state index contributed by atoms with van der Waals surface area (Å²) < 4.78 is 1.72. The first-order chi connectivity index (χ1) is 18.4. The van der Waals surface area contributed by atoms with Crippen molar-refractivity contribution in [3.05, 3.63) is 89.7 Å². The summed E-state index contributed by atoms with van der Waals surface area (Å²) in [6.45, 7) is 0.220. The third-order valence-electron chi connectivity index (χ3n) is 5.90. The molecule has 0 saturated carbocycles. The Hall–Kier alpha value is -4.90. The molecule has 11 heteroatoms. The monoisotopic (exact) mass is 525 g/mol. The van der Waals surface area contributed by atoms with Crippen molar-refractivity contribution in [2.75, 3.05) is 17.3 Å². The van der Waals surface area contributed by atoms with Gasteiger partial charge in [0.1, 0.15) is 10.7 Å². The molecule has 5 aromatic rings. The van der Waals surface area contributed by atoms with E-state index < -0.39 is 11.8 Å². The summed E-state index contributed by atoms with van der Waals surface area (Å²) in [6.07, 6.45) is 3.41. The first kappa shape index (κ1) is 24.8. The van der Waals surface area contributed by atoms with E-state index in [-0.39, 0.29) is 30.5 Å². The molecule has 3 amide bonds. The van der Waals surface area contributed by atoms with Gasteiger partial charge in [-0.05, 0) is 42.5 Å². The zero-order valence-corrected chi connectivity index (χ0v) is 21.2. The first-order valence-corrected chi connectivity index (χ1v) is 12.6. The van der Waals surface area contributed by atoms with E-state index in [4.69, 9.17) is 5.73 Å². The number of rotatable bonds is 8. The van der Waals surface area contributed by atoms with E-state index in [1.54, 1.807) is 65.8 Å². The lowest BCUT2D eigenvalue weighted by atomic mass is 10.2. The molecule has 0 fully saturated rings. The SMILES string of the molecule is CN(C(=O)c1ccccc1)c1ccc2c(c1)nc(NC(=O)c1csc(-c3cccnc3)n1)n2CCC(N)=O. The normalized spacial score (nSPS) is 10.9. The second kappa shape index (κ2) is 10.6. The van der Waals surface area contributed by atoms with Gasteiger partial charge in [-0.1, -0.05) is 18.2 Å². The molecule has 10 nitrogen and oxygen atoms in total. The van der Waals surface area contributed by atoms with Crippen LogP contribution in [-0.4, -0.2) is 44.3 Å². The van der Waals surface area contributed by atoms with Crippen molar-refractivity contribution in [3.8, 4) is 10.6 Å². The second-order valence-electron chi connectivity index (χ2n) is 8.44. The van der Waals surface area contributed by atoms with E-state index >= 15 is 0 Å². The maximum Gasteiger partial charge on any atom is 0.277 e. The Labute approximate surface area is 221 Å². The van der Waals surface area contributed by atoms with Crippen LogP contribution in [0.1, 0.15) is 27.3 Å². The standard InChI is InChI=1S/C27H23N7O3S/c1-33(26(37)17-6-3-2-4-7-17)19-9-10-22-20(14-19)31-27(34(22)13-11-23(28)35)32-24(36)21-16-38-25(30-21)18-8-5-12-29-15-18/h2-10,12,14-16H,11,13H2,1H3,(H2,28,35)(H,31,32,36). The van der Waals surface area contributed by atoms with Gasteiger partial charge in [0.05, 0.1) is 11.0 Å². The Bertz CT molecular complexity index is 1630. The summed E-state index contributed by atoms with van der Waals surface area (Å²) >= 11 is 1.33. The van der Waals surface area contributed by atoms with Gasteiger partial charge in [0.15, 0.2) is 0 Å². The van der Waals surface area contributed by atoms with Gasteiger partial charge in [-0.2, -0.15) is 0 Å². The van der Waals surface area contributed by atoms with Gasteiger partial charge in [-0.3, -0.25) is 24.7 Å². The minimum absolute atomic E-state index is 0.0599. The van der Waals surface area contributed by atoms with Crippen molar-refractivity contribution in [2.24, 2.45) is 5.73 Å². The highest BCUT2D eigenvalue weighted by molar-refractivity contribution is 7.13. The Kier molecular flexibility index (Phi) is 6.92. The third-order valence-corrected chi connectivity index (χ3v) is 6.79. The minimum atomic E-state index is -0.477. The maximum absolute atomic E-state index is 13.1. The number of thiazole rings is 1. The molecule has 0 spiro atoms. The van der Waals surface area contributed by atoms with Crippen LogP contribution in [0.3, 0.4) is 0 Å². The Balaban J connectivity index is 1.44. The van der Waals surface area contributed by atoms with E-state index in [0.29, 0.717) is 27.3 Å². The number of nitrogens with two attached hydrogens (primary N) is 1. The smallest absolute Gasteiger partial charge is 0.277 e. The van der Waals surface area contributed by atoms with E-state index in [1.165, 1.54) is 16.2 Å². The van der Waals surface area contributed by atoms with Gasteiger partial charge >= 0.3 is 0 Å². The molecule has 0 aliphatic carbocycles. The van der Waals surface area contributed by atoms with Gasteiger partial charge in [-0.25, -0.2) is 9.97 Å². The van der Waals surface area contributed by atoms with Crippen molar-refractivity contribution >= 4 is 51.7 Å². The number of benzene rings is 2. The number of nitrogens with one attached hydrogen (secondary N) is 1. The fourth-order valence-electron chi connectivity index (χ4n) is 3.93. The summed E-state index contributed by atoms with van der Waals surface area (Å²) in [5.74, 6) is -0.839. The molecule has 3 aromatic heterocycles. The summed E-state index contributed by atoms with van der Waals surface area (Å²) in [4.78, 5) is 52.2. The predicted octanol–water partition coefficient (Wildman–Crippen LogP) is 3.96. The van der Waals surface area contributed by atoms with Gasteiger partial charge in [0.2, 0.25) is 11.9 Å². The Morgan fingerprint density at radius 1 is 1.05 bits per heavy atom. The second-order valence-corrected chi connectivity index (χ2v) is 9.30. The summed E-state index contributed by atoms with van der Waals surface area (Å²) in [5.41, 5.74) is 8.85. The Morgan fingerprint density at radius 3 is 2.61 bits per heavy atom. The van der Waals surface area contributed by atoms with E-state index in [9.17, 15) is 14.4 Å². The van der Waals surface area contributed by atoms with Crippen LogP contribution >= 0.6 is 11.3 Å². The number of carbonyl (C=O) groups excluding carboxylic acids is 3. The average Bonchev–Trinajstić information content (AvgIpc) is 3.57. The third kappa shape index (κ3) is 5.13. The van der Waals surface area contributed by atoms with Crippen LogP contribution in [0.5, 0.6) is 0 Å². The molecule has 5 rings (SSSR count). The number of fused-ring (bicyclic) bond motifs is 1. The van der Waals surface area contributed by atoms with Crippen molar-refractivity contribution in [1.29, 1.82) is 0 Å². The number of carbonyl (C=O) groups is 3. The molecule has 3 N–H and O–H groups in total. The molecule has 0 aliphatic heterocycles. The summed E-state index contributed by atoms with van der Waals surface area (Å²) in [5, 5.41) is 5.14. The number of primary amides is 1. The van der Waals surface area contributed by atoms with Crippen molar-refractivity contribution in [1.82, 2.24) is 19.5 Å². The molecule has 0 atom stereocenters. The summed E-state index contributed by atoms with van der Waals surface area (Å²) in [6, 6.07) is 18.0. The van der Waals surface area contributed by atoms with Gasteiger partial charge < -0.3 is 15.2 Å². The van der Waals surface area contributed by atoms with Gasteiger partial charge in [0.25, 0.3) is 11.8 Å². The molecular weight excluding hydrogens is 502 g/mol. The number of hydrogen-bond acceptors (Lipinski definition) is 7. The molecule has 0 bridgehead atoms. The number of anilines is 2.